The molecule has 4 aliphatic rings. The third-order valence-electron chi connectivity index (χ3n) is 8.31. The number of carbonyl (C=O) groups excluding carboxylic acids is 2. The van der Waals surface area contributed by atoms with E-state index in [4.69, 9.17) is 0 Å². The summed E-state index contributed by atoms with van der Waals surface area (Å²) in [5.41, 5.74) is 1.36. The van der Waals surface area contributed by atoms with E-state index in [0.717, 1.165) is 64.8 Å². The van der Waals surface area contributed by atoms with Crippen LogP contribution in [0.5, 0.6) is 0 Å². The van der Waals surface area contributed by atoms with Crippen molar-refractivity contribution in [2.24, 2.45) is 23.7 Å². The topological polar surface area (TPSA) is 43.9 Å². The molecule has 4 atom stereocenters. The van der Waals surface area contributed by atoms with Crippen molar-refractivity contribution >= 4 is 38.9 Å². The number of anilines is 1. The number of fused-ring (bicyclic) bond motifs is 6. The number of amides is 2. The van der Waals surface area contributed by atoms with E-state index >= 15 is 0 Å². The molecule has 2 aromatic rings. The van der Waals surface area contributed by atoms with Gasteiger partial charge < -0.3 is 4.90 Å². The molecule has 1 aromatic carbocycles. The number of thiophene rings is 1. The molecule has 4 fully saturated rings. The number of imide groups is 1. The zero-order valence-electron chi connectivity index (χ0n) is 18.0. The number of piperazine rings is 1. The highest BCUT2D eigenvalue weighted by Crippen LogP contribution is 2.56. The van der Waals surface area contributed by atoms with Crippen LogP contribution < -0.4 is 4.90 Å². The Morgan fingerprint density at radius 1 is 0.871 bits per heavy atom. The van der Waals surface area contributed by atoms with Gasteiger partial charge in [-0.15, -0.1) is 11.3 Å². The Morgan fingerprint density at radius 2 is 1.58 bits per heavy atom. The Labute approximate surface area is 188 Å². The highest BCUT2D eigenvalue weighted by molar-refractivity contribution is 7.17. The lowest BCUT2D eigenvalue weighted by Crippen LogP contribution is -2.46. The molecule has 0 unspecified atom stereocenters. The third-order valence-corrected chi connectivity index (χ3v) is 9.19. The monoisotopic (exact) mass is 437 g/mol. The predicted molar refractivity (Wildman–Crippen MR) is 124 cm³/mol. The average Bonchev–Trinajstić information content (AvgIpc) is 3.57. The molecule has 0 radical (unpaired) electrons. The van der Waals surface area contributed by atoms with Gasteiger partial charge in [0.1, 0.15) is 0 Å². The van der Waals surface area contributed by atoms with Gasteiger partial charge in [0, 0.05) is 48.5 Å². The average molecular weight is 438 g/mol. The van der Waals surface area contributed by atoms with Crippen LogP contribution in [0.25, 0.3) is 10.1 Å². The van der Waals surface area contributed by atoms with E-state index in [1.165, 1.54) is 15.8 Å². The van der Waals surface area contributed by atoms with Gasteiger partial charge in [-0.1, -0.05) is 6.07 Å². The smallest absolute Gasteiger partial charge is 0.233 e. The minimum Gasteiger partial charge on any atom is -0.368 e. The SMILES string of the molecule is O=C1[C@@H]2[C@H]3CC[C@H](C3)[C@@H]2C(=O)N1CCCCN1CCN(c2cccc3sccc23)CC1. The van der Waals surface area contributed by atoms with E-state index in [1.54, 1.807) is 4.90 Å². The largest absolute Gasteiger partial charge is 0.368 e. The Hall–Kier alpha value is -1.92. The van der Waals surface area contributed by atoms with Crippen molar-refractivity contribution in [2.45, 2.75) is 32.1 Å². The molecule has 3 heterocycles. The first kappa shape index (κ1) is 19.7. The van der Waals surface area contributed by atoms with Crippen LogP contribution in [-0.2, 0) is 9.59 Å². The third kappa shape index (κ3) is 3.30. The van der Waals surface area contributed by atoms with Crippen molar-refractivity contribution in [3.63, 3.8) is 0 Å². The molecule has 0 spiro atoms. The van der Waals surface area contributed by atoms with Gasteiger partial charge in [-0.3, -0.25) is 19.4 Å². The van der Waals surface area contributed by atoms with E-state index in [0.29, 0.717) is 18.4 Å². The van der Waals surface area contributed by atoms with E-state index in [9.17, 15) is 9.59 Å². The zero-order valence-corrected chi connectivity index (χ0v) is 18.9. The summed E-state index contributed by atoms with van der Waals surface area (Å²) in [4.78, 5) is 32.3. The number of unbranched alkanes of at least 4 members (excludes halogenated alkanes) is 1. The van der Waals surface area contributed by atoms with Gasteiger partial charge in [-0.25, -0.2) is 0 Å². The van der Waals surface area contributed by atoms with Gasteiger partial charge in [0.15, 0.2) is 0 Å². The molecule has 2 aliphatic carbocycles. The van der Waals surface area contributed by atoms with E-state index in [1.807, 2.05) is 11.3 Å². The maximum absolute atomic E-state index is 12.8. The minimum atomic E-state index is 0.0343. The number of benzene rings is 1. The molecule has 2 amide bonds. The minimum absolute atomic E-state index is 0.0343. The van der Waals surface area contributed by atoms with Gasteiger partial charge in [0.2, 0.25) is 11.8 Å². The van der Waals surface area contributed by atoms with Crippen LogP contribution >= 0.6 is 11.3 Å². The van der Waals surface area contributed by atoms with Gasteiger partial charge in [-0.05, 0) is 74.1 Å². The lowest BCUT2D eigenvalue weighted by molar-refractivity contribution is -0.140. The maximum Gasteiger partial charge on any atom is 0.233 e. The summed E-state index contributed by atoms with van der Waals surface area (Å²) in [6.45, 7) is 5.97. The van der Waals surface area contributed by atoms with E-state index < -0.39 is 0 Å². The lowest BCUT2D eigenvalue weighted by atomic mass is 9.81. The standard InChI is InChI=1S/C25H31N3O2S/c29-24-22-17-6-7-18(16-17)23(22)25(30)28(24)10-2-1-9-26-11-13-27(14-12-26)20-4-3-5-21-19(20)8-15-31-21/h3-5,8,15,17-18,22-23H,1-2,6-7,9-14,16H2/t17-,18+,22+,23-. The fourth-order valence-corrected chi connectivity index (χ4v) is 7.57. The van der Waals surface area contributed by atoms with E-state index in [2.05, 4.69) is 39.4 Å². The summed E-state index contributed by atoms with van der Waals surface area (Å²) in [7, 11) is 0. The van der Waals surface area contributed by atoms with Gasteiger partial charge in [0.05, 0.1) is 11.8 Å². The van der Waals surface area contributed by atoms with Crippen molar-refractivity contribution in [1.29, 1.82) is 0 Å². The molecule has 6 rings (SSSR count). The number of carbonyl (C=O) groups is 2. The van der Waals surface area contributed by atoms with Crippen LogP contribution in [0.2, 0.25) is 0 Å². The molecule has 2 aliphatic heterocycles. The second-order valence-electron chi connectivity index (χ2n) is 9.86. The number of likely N-dealkylation sites (tertiary alicyclic amines) is 1. The van der Waals surface area contributed by atoms with Gasteiger partial charge in [-0.2, -0.15) is 0 Å². The number of hydrogen-bond donors (Lipinski definition) is 0. The zero-order chi connectivity index (χ0) is 20.9. The number of nitrogens with zero attached hydrogens (tertiary/aromatic N) is 3. The fourth-order valence-electron chi connectivity index (χ4n) is 6.76. The molecule has 31 heavy (non-hydrogen) atoms. The first-order chi connectivity index (χ1) is 15.2. The van der Waals surface area contributed by atoms with Crippen LogP contribution in [0, 0.1) is 23.7 Å². The molecule has 6 heteroatoms. The van der Waals surface area contributed by atoms with Gasteiger partial charge >= 0.3 is 0 Å². The summed E-state index contributed by atoms with van der Waals surface area (Å²) in [6, 6.07) is 8.85. The Morgan fingerprint density at radius 3 is 2.32 bits per heavy atom. The molecule has 2 saturated carbocycles. The number of hydrogen-bond acceptors (Lipinski definition) is 5. The molecule has 164 valence electrons. The van der Waals surface area contributed by atoms with Crippen molar-refractivity contribution in [3.8, 4) is 0 Å². The molecule has 1 aromatic heterocycles. The normalized spacial score (nSPS) is 30.7. The van der Waals surface area contributed by atoms with Crippen molar-refractivity contribution < 1.29 is 9.59 Å². The summed E-state index contributed by atoms with van der Waals surface area (Å²) in [5, 5.41) is 3.55. The summed E-state index contributed by atoms with van der Waals surface area (Å²) in [6.07, 6.45) is 5.42. The van der Waals surface area contributed by atoms with Crippen molar-refractivity contribution in [2.75, 3.05) is 44.2 Å². The summed E-state index contributed by atoms with van der Waals surface area (Å²) >= 11 is 1.81. The Kier molecular flexibility index (Phi) is 5.03. The first-order valence-electron chi connectivity index (χ1n) is 12.0. The Bertz CT molecular complexity index is 968. The Balaban J connectivity index is 0.971. The van der Waals surface area contributed by atoms with E-state index in [-0.39, 0.29) is 23.7 Å². The molecular weight excluding hydrogens is 406 g/mol. The lowest BCUT2D eigenvalue weighted by Gasteiger charge is -2.36. The molecule has 2 bridgehead atoms. The predicted octanol–water partition coefficient (Wildman–Crippen LogP) is 3.83. The van der Waals surface area contributed by atoms with Crippen LogP contribution in [0.3, 0.4) is 0 Å². The second kappa shape index (κ2) is 7.89. The molecule has 0 N–H and O–H groups in total. The maximum atomic E-state index is 12.8. The van der Waals surface area contributed by atoms with Crippen molar-refractivity contribution in [1.82, 2.24) is 9.80 Å². The highest BCUT2D eigenvalue weighted by Gasteiger charge is 2.60. The first-order valence-corrected chi connectivity index (χ1v) is 12.9. The van der Waals surface area contributed by atoms with Gasteiger partial charge in [0.25, 0.3) is 0 Å². The number of rotatable bonds is 6. The molecular formula is C25H31N3O2S. The quantitative estimate of drug-likeness (QED) is 0.509. The fraction of sp³-hybridized carbons (Fsp3) is 0.600. The molecule has 5 nitrogen and oxygen atoms in total. The van der Waals surface area contributed by atoms with Crippen LogP contribution in [0.4, 0.5) is 5.69 Å². The van der Waals surface area contributed by atoms with Crippen LogP contribution in [0.15, 0.2) is 29.6 Å². The summed E-state index contributed by atoms with van der Waals surface area (Å²) < 4.78 is 1.36. The van der Waals surface area contributed by atoms with Crippen LogP contribution in [0.1, 0.15) is 32.1 Å². The highest BCUT2D eigenvalue weighted by atomic mass is 32.1. The van der Waals surface area contributed by atoms with Crippen molar-refractivity contribution in [3.05, 3.63) is 29.6 Å². The molecule has 2 saturated heterocycles. The second-order valence-corrected chi connectivity index (χ2v) is 10.8. The van der Waals surface area contributed by atoms with Crippen LogP contribution in [-0.4, -0.2) is 60.9 Å². The summed E-state index contributed by atoms with van der Waals surface area (Å²) in [5.74, 6) is 1.36.